The molecular weight excluding hydrogens is 434 g/mol. The predicted molar refractivity (Wildman–Crippen MR) is 103 cm³/mol. The third-order valence-corrected chi connectivity index (χ3v) is 4.43. The Morgan fingerprint density at radius 2 is 1.86 bits per heavy atom. The molecule has 0 aliphatic heterocycles. The maximum atomic E-state index is 13.1. The Balaban J connectivity index is 1.83. The molecule has 1 heterocycles. The standard InChI is InChI=1S/C19H12Cl2F3NO4/c1-9(28-16-6-10(20)2-5-14(16)21)18(27)25-11-3-4-12-13(19(22,23)24)8-17(26)29-15(12)7-11/h2-9H,1H3,(H,25,27)/t9-/m1/s1. The van der Waals surface area contributed by atoms with Crippen molar-refractivity contribution in [1.82, 2.24) is 0 Å². The molecule has 0 unspecified atom stereocenters. The number of hydrogen-bond acceptors (Lipinski definition) is 4. The second-order valence-electron chi connectivity index (χ2n) is 6.01. The summed E-state index contributed by atoms with van der Waals surface area (Å²) in [5.74, 6) is -0.407. The maximum Gasteiger partial charge on any atom is 0.417 e. The van der Waals surface area contributed by atoms with Gasteiger partial charge in [-0.1, -0.05) is 23.2 Å². The highest BCUT2D eigenvalue weighted by molar-refractivity contribution is 6.34. The second kappa shape index (κ2) is 7.96. The number of carbonyl (C=O) groups excluding carboxylic acids is 1. The van der Waals surface area contributed by atoms with Gasteiger partial charge in [0.05, 0.1) is 10.6 Å². The van der Waals surface area contributed by atoms with E-state index in [0.717, 1.165) is 12.1 Å². The van der Waals surface area contributed by atoms with E-state index in [1.807, 2.05) is 0 Å². The highest BCUT2D eigenvalue weighted by Gasteiger charge is 2.33. The van der Waals surface area contributed by atoms with Crippen LogP contribution in [-0.4, -0.2) is 12.0 Å². The zero-order valence-corrected chi connectivity index (χ0v) is 16.2. The molecule has 1 aromatic heterocycles. The lowest BCUT2D eigenvalue weighted by atomic mass is 10.1. The molecule has 1 atom stereocenters. The third kappa shape index (κ3) is 4.83. The van der Waals surface area contributed by atoms with Gasteiger partial charge < -0.3 is 14.5 Å². The van der Waals surface area contributed by atoms with Crippen molar-refractivity contribution in [1.29, 1.82) is 0 Å². The van der Waals surface area contributed by atoms with Crippen molar-refractivity contribution in [2.75, 3.05) is 5.32 Å². The van der Waals surface area contributed by atoms with Crippen molar-refractivity contribution >= 4 is 45.8 Å². The first-order valence-corrected chi connectivity index (χ1v) is 8.88. The number of hydrogen-bond donors (Lipinski definition) is 1. The average Bonchev–Trinajstić information content (AvgIpc) is 2.63. The van der Waals surface area contributed by atoms with Crippen LogP contribution in [0.3, 0.4) is 0 Å². The normalized spacial score (nSPS) is 12.6. The first-order valence-electron chi connectivity index (χ1n) is 8.12. The number of benzene rings is 2. The summed E-state index contributed by atoms with van der Waals surface area (Å²) >= 11 is 11.9. The van der Waals surface area contributed by atoms with Crippen molar-refractivity contribution in [2.24, 2.45) is 0 Å². The molecule has 3 aromatic rings. The second-order valence-corrected chi connectivity index (χ2v) is 6.86. The van der Waals surface area contributed by atoms with E-state index in [0.29, 0.717) is 11.1 Å². The van der Waals surface area contributed by atoms with Gasteiger partial charge in [-0.3, -0.25) is 4.79 Å². The van der Waals surface area contributed by atoms with E-state index in [1.165, 1.54) is 25.1 Å². The highest BCUT2D eigenvalue weighted by atomic mass is 35.5. The zero-order valence-electron chi connectivity index (χ0n) is 14.6. The molecule has 10 heteroatoms. The Hall–Kier alpha value is -2.71. The van der Waals surface area contributed by atoms with Gasteiger partial charge in [-0.05, 0) is 31.2 Å². The Kier molecular flexibility index (Phi) is 5.77. The number of halogens is 5. The van der Waals surface area contributed by atoms with E-state index in [9.17, 15) is 22.8 Å². The lowest BCUT2D eigenvalue weighted by Crippen LogP contribution is -2.30. The molecule has 0 aliphatic carbocycles. The number of fused-ring (bicyclic) bond motifs is 1. The van der Waals surface area contributed by atoms with Gasteiger partial charge in [0, 0.05) is 34.3 Å². The number of ether oxygens (including phenoxy) is 1. The average molecular weight is 446 g/mol. The largest absolute Gasteiger partial charge is 0.479 e. The van der Waals surface area contributed by atoms with Crippen LogP contribution in [0.4, 0.5) is 18.9 Å². The fourth-order valence-electron chi connectivity index (χ4n) is 2.53. The van der Waals surface area contributed by atoms with Crippen molar-refractivity contribution in [3.63, 3.8) is 0 Å². The van der Waals surface area contributed by atoms with Crippen LogP contribution in [0.25, 0.3) is 11.0 Å². The molecule has 1 N–H and O–H groups in total. The molecule has 0 radical (unpaired) electrons. The van der Waals surface area contributed by atoms with Crippen LogP contribution in [0.2, 0.25) is 10.0 Å². The number of anilines is 1. The van der Waals surface area contributed by atoms with Crippen LogP contribution in [0.15, 0.2) is 51.7 Å². The first kappa shape index (κ1) is 21.0. The van der Waals surface area contributed by atoms with Gasteiger partial charge in [0.1, 0.15) is 11.3 Å². The van der Waals surface area contributed by atoms with Crippen molar-refractivity contribution in [3.8, 4) is 5.75 Å². The fraction of sp³-hybridized carbons (Fsp3) is 0.158. The van der Waals surface area contributed by atoms with Gasteiger partial charge in [0.2, 0.25) is 0 Å². The topological polar surface area (TPSA) is 68.5 Å². The Morgan fingerprint density at radius 3 is 2.55 bits per heavy atom. The van der Waals surface area contributed by atoms with E-state index in [1.54, 1.807) is 6.07 Å². The van der Waals surface area contributed by atoms with Gasteiger partial charge in [-0.15, -0.1) is 0 Å². The Labute approximate surface area is 172 Å². The number of alkyl halides is 3. The Morgan fingerprint density at radius 1 is 1.14 bits per heavy atom. The third-order valence-electron chi connectivity index (χ3n) is 3.88. The first-order chi connectivity index (χ1) is 13.5. The SMILES string of the molecule is C[C@@H](Oc1cc(Cl)ccc1Cl)C(=O)Nc1ccc2c(C(F)(F)F)cc(=O)oc2c1. The van der Waals surface area contributed by atoms with Crippen molar-refractivity contribution in [2.45, 2.75) is 19.2 Å². The molecule has 0 saturated carbocycles. The van der Waals surface area contributed by atoms with E-state index >= 15 is 0 Å². The number of nitrogens with one attached hydrogen (secondary N) is 1. The molecule has 0 aliphatic rings. The maximum absolute atomic E-state index is 13.1. The fourth-order valence-corrected chi connectivity index (χ4v) is 2.85. The minimum absolute atomic E-state index is 0.123. The highest BCUT2D eigenvalue weighted by Crippen LogP contribution is 2.34. The van der Waals surface area contributed by atoms with Crippen LogP contribution in [0.5, 0.6) is 5.75 Å². The summed E-state index contributed by atoms with van der Waals surface area (Å²) in [7, 11) is 0. The summed E-state index contributed by atoms with van der Waals surface area (Å²) in [5.41, 5.74) is -2.46. The predicted octanol–water partition coefficient (Wildman–Crippen LogP) is 5.52. The van der Waals surface area contributed by atoms with Crippen LogP contribution in [0, 0.1) is 0 Å². The summed E-state index contributed by atoms with van der Waals surface area (Å²) in [4.78, 5) is 23.8. The lowest BCUT2D eigenvalue weighted by molar-refractivity contribution is -0.136. The Bertz CT molecular complexity index is 1140. The molecule has 2 aromatic carbocycles. The van der Waals surface area contributed by atoms with Crippen LogP contribution in [-0.2, 0) is 11.0 Å². The van der Waals surface area contributed by atoms with E-state index in [4.69, 9.17) is 32.4 Å². The van der Waals surface area contributed by atoms with Crippen LogP contribution < -0.4 is 15.7 Å². The molecule has 3 rings (SSSR count). The zero-order chi connectivity index (χ0) is 21.3. The quantitative estimate of drug-likeness (QED) is 0.536. The molecule has 0 fully saturated rings. The number of amides is 1. The summed E-state index contributed by atoms with van der Waals surface area (Å²) in [6.07, 6.45) is -5.73. The summed E-state index contributed by atoms with van der Waals surface area (Å²) in [6, 6.07) is 8.38. The van der Waals surface area contributed by atoms with Crippen LogP contribution in [0.1, 0.15) is 12.5 Å². The van der Waals surface area contributed by atoms with Crippen molar-refractivity contribution < 1.29 is 27.1 Å². The summed E-state index contributed by atoms with van der Waals surface area (Å²) < 4.78 is 49.6. The molecular formula is C19H12Cl2F3NO4. The van der Waals surface area contributed by atoms with Gasteiger partial charge >= 0.3 is 11.8 Å². The van der Waals surface area contributed by atoms with Gasteiger partial charge in [-0.2, -0.15) is 13.2 Å². The molecule has 0 spiro atoms. The summed E-state index contributed by atoms with van der Waals surface area (Å²) in [5, 5.41) is 2.80. The smallest absolute Gasteiger partial charge is 0.417 e. The van der Waals surface area contributed by atoms with E-state index in [-0.39, 0.29) is 27.4 Å². The van der Waals surface area contributed by atoms with Crippen molar-refractivity contribution in [3.05, 3.63) is 68.5 Å². The minimum atomic E-state index is -4.72. The molecule has 1 amide bonds. The molecule has 5 nitrogen and oxygen atoms in total. The summed E-state index contributed by atoms with van der Waals surface area (Å²) in [6.45, 7) is 1.45. The number of carbonyl (C=O) groups is 1. The monoisotopic (exact) mass is 445 g/mol. The van der Waals surface area contributed by atoms with Crippen LogP contribution >= 0.6 is 23.2 Å². The van der Waals surface area contributed by atoms with Gasteiger partial charge in [0.15, 0.2) is 6.10 Å². The number of rotatable bonds is 4. The molecule has 0 saturated heterocycles. The molecule has 29 heavy (non-hydrogen) atoms. The molecule has 152 valence electrons. The van der Waals surface area contributed by atoms with Gasteiger partial charge in [0.25, 0.3) is 5.91 Å². The van der Waals surface area contributed by atoms with E-state index in [2.05, 4.69) is 5.32 Å². The minimum Gasteiger partial charge on any atom is -0.479 e. The van der Waals surface area contributed by atoms with E-state index < -0.39 is 29.4 Å². The molecule has 0 bridgehead atoms. The van der Waals surface area contributed by atoms with Gasteiger partial charge in [-0.25, -0.2) is 4.79 Å². The lowest BCUT2D eigenvalue weighted by Gasteiger charge is -2.16.